The summed E-state index contributed by atoms with van der Waals surface area (Å²) in [5.41, 5.74) is 0.0717. The van der Waals surface area contributed by atoms with E-state index in [1.54, 1.807) is 0 Å². The van der Waals surface area contributed by atoms with Gasteiger partial charge in [0.2, 0.25) is 5.91 Å². The van der Waals surface area contributed by atoms with E-state index in [-0.39, 0.29) is 5.41 Å². The average molecular weight is 350 g/mol. The van der Waals surface area contributed by atoms with Crippen LogP contribution in [0.25, 0.3) is 0 Å². The molecular formula is C19H31N3OS. The molecule has 2 heterocycles. The highest BCUT2D eigenvalue weighted by atomic mass is 32.1. The van der Waals surface area contributed by atoms with Crippen molar-refractivity contribution in [2.24, 2.45) is 11.3 Å². The maximum Gasteiger partial charge on any atom is 0.223 e. The smallest absolute Gasteiger partial charge is 0.223 e. The highest BCUT2D eigenvalue weighted by Gasteiger charge is 2.28. The second kappa shape index (κ2) is 7.51. The van der Waals surface area contributed by atoms with E-state index < -0.39 is 0 Å². The molecule has 1 aromatic heterocycles. The summed E-state index contributed by atoms with van der Waals surface area (Å²) in [6.07, 6.45) is 9.34. The van der Waals surface area contributed by atoms with Crippen LogP contribution in [0.3, 0.4) is 0 Å². The van der Waals surface area contributed by atoms with Gasteiger partial charge in [-0.05, 0) is 24.2 Å². The number of likely N-dealkylation sites (tertiary alicyclic amines) is 1. The lowest BCUT2D eigenvalue weighted by Crippen LogP contribution is -2.39. The van der Waals surface area contributed by atoms with E-state index in [0.717, 1.165) is 38.3 Å². The number of nitrogens with zero attached hydrogens (tertiary/aromatic N) is 3. The van der Waals surface area contributed by atoms with Gasteiger partial charge in [-0.3, -0.25) is 4.79 Å². The van der Waals surface area contributed by atoms with Crippen molar-refractivity contribution in [3.05, 3.63) is 10.0 Å². The van der Waals surface area contributed by atoms with Crippen LogP contribution >= 0.6 is 11.3 Å². The van der Waals surface area contributed by atoms with Gasteiger partial charge in [-0.2, -0.15) is 0 Å². The molecule has 0 N–H and O–H groups in total. The van der Waals surface area contributed by atoms with Gasteiger partial charge in [0, 0.05) is 31.8 Å². The van der Waals surface area contributed by atoms with E-state index >= 15 is 0 Å². The topological polar surface area (TPSA) is 46.1 Å². The molecule has 4 nitrogen and oxygen atoms in total. The second-order valence-corrected chi connectivity index (χ2v) is 9.87. The molecule has 1 saturated carbocycles. The van der Waals surface area contributed by atoms with E-state index in [4.69, 9.17) is 0 Å². The SMILES string of the molecule is CC(C)(C)CC(=O)N1CCC(c2nnc(CC3CCCC3)s2)CC1. The zero-order valence-electron chi connectivity index (χ0n) is 15.4. The first-order chi connectivity index (χ1) is 11.4. The van der Waals surface area contributed by atoms with Crippen LogP contribution in [0.5, 0.6) is 0 Å². The molecule has 2 aliphatic rings. The van der Waals surface area contributed by atoms with Gasteiger partial charge in [0.05, 0.1) is 0 Å². The molecule has 1 aliphatic heterocycles. The molecule has 1 amide bonds. The normalized spacial score (nSPS) is 20.7. The number of hydrogen-bond acceptors (Lipinski definition) is 4. The molecule has 0 unspecified atom stereocenters. The van der Waals surface area contributed by atoms with Crippen LogP contribution < -0.4 is 0 Å². The Morgan fingerprint density at radius 3 is 2.42 bits per heavy atom. The van der Waals surface area contributed by atoms with Crippen molar-refractivity contribution in [1.82, 2.24) is 15.1 Å². The Hall–Kier alpha value is -0.970. The summed E-state index contributed by atoms with van der Waals surface area (Å²) < 4.78 is 0. The first-order valence-electron chi connectivity index (χ1n) is 9.51. The molecule has 0 bridgehead atoms. The summed E-state index contributed by atoms with van der Waals surface area (Å²) in [6.45, 7) is 8.13. The predicted octanol–water partition coefficient (Wildman–Crippen LogP) is 4.41. The van der Waals surface area contributed by atoms with E-state index in [9.17, 15) is 4.79 Å². The van der Waals surface area contributed by atoms with Crippen LogP contribution in [0.15, 0.2) is 0 Å². The highest BCUT2D eigenvalue weighted by Crippen LogP contribution is 2.33. The molecule has 0 aromatic carbocycles. The number of piperidine rings is 1. The lowest BCUT2D eigenvalue weighted by molar-refractivity contribution is -0.134. The van der Waals surface area contributed by atoms with Crippen LogP contribution in [0.4, 0.5) is 0 Å². The lowest BCUT2D eigenvalue weighted by atomic mass is 9.90. The van der Waals surface area contributed by atoms with Gasteiger partial charge in [-0.15, -0.1) is 21.5 Å². The van der Waals surface area contributed by atoms with Gasteiger partial charge < -0.3 is 4.90 Å². The van der Waals surface area contributed by atoms with Gasteiger partial charge in [-0.1, -0.05) is 46.5 Å². The summed E-state index contributed by atoms with van der Waals surface area (Å²) in [7, 11) is 0. The summed E-state index contributed by atoms with van der Waals surface area (Å²) in [4.78, 5) is 14.4. The molecule has 3 rings (SSSR count). The Labute approximate surface area is 150 Å². The molecule has 0 spiro atoms. The Bertz CT molecular complexity index is 549. The lowest BCUT2D eigenvalue weighted by Gasteiger charge is -2.32. The largest absolute Gasteiger partial charge is 0.343 e. The van der Waals surface area contributed by atoms with Crippen LogP contribution in [-0.4, -0.2) is 34.1 Å². The quantitative estimate of drug-likeness (QED) is 0.808. The fourth-order valence-electron chi connectivity index (χ4n) is 3.92. The third kappa shape index (κ3) is 4.78. The maximum absolute atomic E-state index is 12.4. The summed E-state index contributed by atoms with van der Waals surface area (Å²) >= 11 is 1.82. The number of hydrogen-bond donors (Lipinski definition) is 0. The molecule has 2 fully saturated rings. The van der Waals surface area contributed by atoms with Crippen molar-refractivity contribution < 1.29 is 4.79 Å². The monoisotopic (exact) mass is 349 g/mol. The number of rotatable bonds is 4. The summed E-state index contributed by atoms with van der Waals surface area (Å²) in [5, 5.41) is 11.3. The Morgan fingerprint density at radius 1 is 1.12 bits per heavy atom. The van der Waals surface area contributed by atoms with Crippen LogP contribution in [0.2, 0.25) is 0 Å². The predicted molar refractivity (Wildman–Crippen MR) is 98.2 cm³/mol. The summed E-state index contributed by atoms with van der Waals surface area (Å²) in [5.74, 6) is 1.64. The standard InChI is InChI=1S/C19H31N3OS/c1-19(2,3)13-17(23)22-10-8-15(9-11-22)18-21-20-16(24-18)12-14-6-4-5-7-14/h14-15H,4-13H2,1-3H3. The first-order valence-corrected chi connectivity index (χ1v) is 10.3. The minimum atomic E-state index is 0.0717. The van der Waals surface area contributed by atoms with Crippen molar-refractivity contribution in [3.63, 3.8) is 0 Å². The fourth-order valence-corrected chi connectivity index (χ4v) is 5.04. The number of carbonyl (C=O) groups is 1. The van der Waals surface area contributed by atoms with E-state index in [1.165, 1.54) is 35.7 Å². The third-order valence-electron chi connectivity index (χ3n) is 5.30. The van der Waals surface area contributed by atoms with Crippen molar-refractivity contribution in [1.29, 1.82) is 0 Å². The molecule has 0 atom stereocenters. The Balaban J connectivity index is 1.49. The Kier molecular flexibility index (Phi) is 5.58. The number of carbonyl (C=O) groups excluding carboxylic acids is 1. The zero-order valence-corrected chi connectivity index (χ0v) is 16.2. The number of amides is 1. The van der Waals surface area contributed by atoms with Crippen molar-refractivity contribution in [2.45, 2.75) is 78.1 Å². The average Bonchev–Trinajstić information content (AvgIpc) is 3.18. The maximum atomic E-state index is 12.4. The van der Waals surface area contributed by atoms with Crippen molar-refractivity contribution >= 4 is 17.2 Å². The van der Waals surface area contributed by atoms with Gasteiger partial charge in [0.15, 0.2) is 0 Å². The van der Waals surface area contributed by atoms with E-state index in [0.29, 0.717) is 18.2 Å². The van der Waals surface area contributed by atoms with Gasteiger partial charge in [-0.25, -0.2) is 0 Å². The second-order valence-electron chi connectivity index (χ2n) is 8.78. The molecule has 1 aliphatic carbocycles. The third-order valence-corrected chi connectivity index (χ3v) is 6.41. The van der Waals surface area contributed by atoms with Crippen molar-refractivity contribution in [2.75, 3.05) is 13.1 Å². The van der Waals surface area contributed by atoms with Gasteiger partial charge in [0.1, 0.15) is 10.0 Å². The Morgan fingerprint density at radius 2 is 1.79 bits per heavy atom. The molecule has 0 radical (unpaired) electrons. The number of aromatic nitrogens is 2. The molecular weight excluding hydrogens is 318 g/mol. The van der Waals surface area contributed by atoms with Crippen LogP contribution in [-0.2, 0) is 11.2 Å². The van der Waals surface area contributed by atoms with Gasteiger partial charge >= 0.3 is 0 Å². The van der Waals surface area contributed by atoms with E-state index in [2.05, 4.69) is 31.0 Å². The first kappa shape index (κ1) is 17.8. The van der Waals surface area contributed by atoms with Crippen molar-refractivity contribution in [3.8, 4) is 0 Å². The molecule has 5 heteroatoms. The van der Waals surface area contributed by atoms with E-state index in [1.807, 2.05) is 16.2 Å². The highest BCUT2D eigenvalue weighted by molar-refractivity contribution is 7.11. The fraction of sp³-hybridized carbons (Fsp3) is 0.842. The molecule has 24 heavy (non-hydrogen) atoms. The molecule has 1 saturated heterocycles. The molecule has 134 valence electrons. The zero-order chi connectivity index (χ0) is 17.2. The van der Waals surface area contributed by atoms with Gasteiger partial charge in [0.25, 0.3) is 0 Å². The minimum absolute atomic E-state index is 0.0717. The van der Waals surface area contributed by atoms with Crippen LogP contribution in [0, 0.1) is 11.3 Å². The minimum Gasteiger partial charge on any atom is -0.343 e. The van der Waals surface area contributed by atoms with Crippen LogP contribution in [0.1, 0.15) is 81.7 Å². The molecule has 1 aromatic rings. The summed E-state index contributed by atoms with van der Waals surface area (Å²) in [6, 6.07) is 0.